The van der Waals surface area contributed by atoms with E-state index in [9.17, 15) is 0 Å². The molecule has 0 heterocycles. The summed E-state index contributed by atoms with van der Waals surface area (Å²) in [5, 5.41) is 11.5. The highest BCUT2D eigenvalue weighted by Gasteiger charge is 2.06. The van der Waals surface area contributed by atoms with Crippen LogP contribution in [-0.4, -0.2) is 31.6 Å². The molecule has 0 radical (unpaired) electrons. The summed E-state index contributed by atoms with van der Waals surface area (Å²) in [5.74, 6) is 1.07. The van der Waals surface area contributed by atoms with Gasteiger partial charge in [-0.15, -0.1) is 0 Å². The van der Waals surface area contributed by atoms with Crippen LogP contribution >= 0.6 is 0 Å². The van der Waals surface area contributed by atoms with Crippen LogP contribution in [0.3, 0.4) is 0 Å². The first-order valence-electron chi connectivity index (χ1n) is 5.08. The molecule has 0 bridgehead atoms. The molecular formula is C11H16N2O4. The zero-order valence-electron chi connectivity index (χ0n) is 9.84. The quantitative estimate of drug-likeness (QED) is 0.195. The standard InChI is InChI=1S/C11H16N2O4/c1-3-16-7-17-10-5-8(11(12)13-14)4-9(6-10)15-2/h4-6,14H,3,7H2,1-2H3,(H2,12,13). The number of nitrogens with two attached hydrogens (primary N) is 1. The van der Waals surface area contributed by atoms with Gasteiger partial charge in [0.25, 0.3) is 0 Å². The summed E-state index contributed by atoms with van der Waals surface area (Å²) in [4.78, 5) is 0. The largest absolute Gasteiger partial charge is 0.497 e. The Hall–Kier alpha value is -1.95. The van der Waals surface area contributed by atoms with Gasteiger partial charge < -0.3 is 25.2 Å². The average molecular weight is 240 g/mol. The minimum absolute atomic E-state index is 0.00911. The summed E-state index contributed by atoms with van der Waals surface area (Å²) in [6.07, 6.45) is 0. The van der Waals surface area contributed by atoms with Crippen LogP contribution in [0.5, 0.6) is 11.5 Å². The molecule has 0 fully saturated rings. The second-order valence-electron chi connectivity index (χ2n) is 3.14. The van der Waals surface area contributed by atoms with E-state index in [4.69, 9.17) is 25.2 Å². The lowest BCUT2D eigenvalue weighted by atomic mass is 10.2. The van der Waals surface area contributed by atoms with Crippen molar-refractivity contribution in [2.75, 3.05) is 20.5 Å². The van der Waals surface area contributed by atoms with E-state index in [2.05, 4.69) is 5.16 Å². The summed E-state index contributed by atoms with van der Waals surface area (Å²) in [7, 11) is 1.53. The van der Waals surface area contributed by atoms with Crippen LogP contribution in [0.4, 0.5) is 0 Å². The molecule has 0 aromatic heterocycles. The van der Waals surface area contributed by atoms with Gasteiger partial charge >= 0.3 is 0 Å². The molecule has 0 amide bonds. The molecule has 0 saturated carbocycles. The summed E-state index contributed by atoms with van der Waals surface area (Å²) in [6, 6.07) is 4.96. The number of ether oxygens (including phenoxy) is 3. The molecule has 6 nitrogen and oxygen atoms in total. The Labute approximate surface area is 99.6 Å². The Balaban J connectivity index is 2.89. The average Bonchev–Trinajstić information content (AvgIpc) is 2.37. The molecule has 0 aliphatic rings. The zero-order chi connectivity index (χ0) is 12.7. The fraction of sp³-hybridized carbons (Fsp3) is 0.364. The van der Waals surface area contributed by atoms with Crippen molar-refractivity contribution >= 4 is 5.84 Å². The zero-order valence-corrected chi connectivity index (χ0v) is 9.84. The van der Waals surface area contributed by atoms with Crippen molar-refractivity contribution in [3.8, 4) is 11.5 Å². The number of benzene rings is 1. The highest BCUT2D eigenvalue weighted by molar-refractivity contribution is 5.97. The van der Waals surface area contributed by atoms with Crippen LogP contribution in [0.1, 0.15) is 12.5 Å². The fourth-order valence-electron chi connectivity index (χ4n) is 1.17. The number of oxime groups is 1. The van der Waals surface area contributed by atoms with Gasteiger partial charge in [-0.2, -0.15) is 0 Å². The smallest absolute Gasteiger partial charge is 0.189 e. The van der Waals surface area contributed by atoms with Gasteiger partial charge in [-0.05, 0) is 19.1 Å². The molecule has 3 N–H and O–H groups in total. The van der Waals surface area contributed by atoms with E-state index in [0.717, 1.165) is 0 Å². The van der Waals surface area contributed by atoms with Gasteiger partial charge in [-0.3, -0.25) is 0 Å². The van der Waals surface area contributed by atoms with Gasteiger partial charge in [0.1, 0.15) is 11.5 Å². The SMILES string of the molecule is CCOCOc1cc(OC)cc(/C(N)=N/O)c1. The van der Waals surface area contributed by atoms with E-state index in [0.29, 0.717) is 23.7 Å². The van der Waals surface area contributed by atoms with Crippen molar-refractivity contribution in [3.63, 3.8) is 0 Å². The number of nitrogens with zero attached hydrogens (tertiary/aromatic N) is 1. The molecule has 0 spiro atoms. The normalized spacial score (nSPS) is 11.3. The van der Waals surface area contributed by atoms with Gasteiger partial charge in [0.15, 0.2) is 12.6 Å². The lowest BCUT2D eigenvalue weighted by Gasteiger charge is -2.09. The second kappa shape index (κ2) is 6.59. The third kappa shape index (κ3) is 3.84. The van der Waals surface area contributed by atoms with E-state index in [-0.39, 0.29) is 12.6 Å². The predicted molar refractivity (Wildman–Crippen MR) is 62.6 cm³/mol. The van der Waals surface area contributed by atoms with Crippen molar-refractivity contribution in [2.24, 2.45) is 10.9 Å². The van der Waals surface area contributed by atoms with E-state index in [1.807, 2.05) is 6.92 Å². The maximum atomic E-state index is 8.61. The molecule has 1 aromatic rings. The minimum Gasteiger partial charge on any atom is -0.497 e. The number of hydrogen-bond donors (Lipinski definition) is 2. The van der Waals surface area contributed by atoms with Crippen LogP contribution in [0.2, 0.25) is 0 Å². The molecular weight excluding hydrogens is 224 g/mol. The maximum Gasteiger partial charge on any atom is 0.189 e. The molecule has 94 valence electrons. The van der Waals surface area contributed by atoms with Crippen molar-refractivity contribution in [1.82, 2.24) is 0 Å². The summed E-state index contributed by atoms with van der Waals surface area (Å²) in [6.45, 7) is 2.58. The van der Waals surface area contributed by atoms with E-state index < -0.39 is 0 Å². The number of hydrogen-bond acceptors (Lipinski definition) is 5. The Kier molecular flexibility index (Phi) is 5.09. The topological polar surface area (TPSA) is 86.3 Å². The highest BCUT2D eigenvalue weighted by Crippen LogP contribution is 2.22. The predicted octanol–water partition coefficient (Wildman–Crippen LogP) is 1.16. The first kappa shape index (κ1) is 13.1. The lowest BCUT2D eigenvalue weighted by Crippen LogP contribution is -2.13. The van der Waals surface area contributed by atoms with Crippen LogP contribution < -0.4 is 15.2 Å². The van der Waals surface area contributed by atoms with Crippen LogP contribution in [0, 0.1) is 0 Å². The van der Waals surface area contributed by atoms with Crippen LogP contribution in [0.25, 0.3) is 0 Å². The van der Waals surface area contributed by atoms with Gasteiger partial charge in [-0.25, -0.2) is 0 Å². The van der Waals surface area contributed by atoms with Crippen molar-refractivity contribution < 1.29 is 19.4 Å². The maximum absolute atomic E-state index is 8.61. The van der Waals surface area contributed by atoms with Crippen LogP contribution in [-0.2, 0) is 4.74 Å². The van der Waals surface area contributed by atoms with Gasteiger partial charge in [0, 0.05) is 18.2 Å². The second-order valence-corrected chi connectivity index (χ2v) is 3.14. The molecule has 0 atom stereocenters. The first-order valence-corrected chi connectivity index (χ1v) is 5.08. The lowest BCUT2D eigenvalue weighted by molar-refractivity contribution is 0.0223. The van der Waals surface area contributed by atoms with E-state index in [1.165, 1.54) is 7.11 Å². The molecule has 0 saturated heterocycles. The summed E-state index contributed by atoms with van der Waals surface area (Å²) in [5.41, 5.74) is 6.01. The molecule has 0 aliphatic heterocycles. The van der Waals surface area contributed by atoms with Crippen molar-refractivity contribution in [3.05, 3.63) is 23.8 Å². The van der Waals surface area contributed by atoms with Gasteiger partial charge in [-0.1, -0.05) is 5.16 Å². The van der Waals surface area contributed by atoms with Gasteiger partial charge in [0.05, 0.1) is 7.11 Å². The third-order valence-corrected chi connectivity index (χ3v) is 2.03. The Bertz CT molecular complexity index is 393. The first-order chi connectivity index (χ1) is 8.21. The number of methoxy groups -OCH3 is 1. The Morgan fingerprint density at radius 3 is 2.65 bits per heavy atom. The summed E-state index contributed by atoms with van der Waals surface area (Å²) < 4.78 is 15.5. The van der Waals surface area contributed by atoms with E-state index >= 15 is 0 Å². The number of rotatable bonds is 6. The molecule has 6 heteroatoms. The molecule has 0 unspecified atom stereocenters. The molecule has 0 aliphatic carbocycles. The molecule has 1 aromatic carbocycles. The number of amidine groups is 1. The molecule has 1 rings (SSSR count). The summed E-state index contributed by atoms with van der Waals surface area (Å²) >= 11 is 0. The third-order valence-electron chi connectivity index (χ3n) is 2.03. The van der Waals surface area contributed by atoms with Crippen LogP contribution in [0.15, 0.2) is 23.4 Å². The fourth-order valence-corrected chi connectivity index (χ4v) is 1.17. The molecule has 17 heavy (non-hydrogen) atoms. The highest BCUT2D eigenvalue weighted by atomic mass is 16.7. The van der Waals surface area contributed by atoms with E-state index in [1.54, 1.807) is 18.2 Å². The van der Waals surface area contributed by atoms with Crippen molar-refractivity contribution in [2.45, 2.75) is 6.92 Å². The monoisotopic (exact) mass is 240 g/mol. The van der Waals surface area contributed by atoms with Crippen molar-refractivity contribution in [1.29, 1.82) is 0 Å². The Morgan fingerprint density at radius 1 is 1.35 bits per heavy atom. The van der Waals surface area contributed by atoms with Gasteiger partial charge in [0.2, 0.25) is 0 Å². The minimum atomic E-state index is -0.00911. The Morgan fingerprint density at radius 2 is 2.06 bits per heavy atom.